The van der Waals surface area contributed by atoms with Gasteiger partial charge in [-0.05, 0) is 94.3 Å². The Morgan fingerprint density at radius 2 is 1.30 bits per heavy atom. The van der Waals surface area contributed by atoms with Crippen LogP contribution < -0.4 is 9.30 Å². The van der Waals surface area contributed by atoms with Crippen LogP contribution in [0.2, 0.25) is 0 Å². The van der Waals surface area contributed by atoms with Crippen LogP contribution in [0.15, 0.2) is 182 Å². The molecule has 7 aromatic carbocycles. The van der Waals surface area contributed by atoms with E-state index >= 15 is 0 Å². The number of hydrogen-bond acceptors (Lipinski definition) is 2. The van der Waals surface area contributed by atoms with Crippen molar-refractivity contribution >= 4 is 32.8 Å². The summed E-state index contributed by atoms with van der Waals surface area (Å²) in [5.74, 6) is 2.41. The molecule has 0 unspecified atom stereocenters. The molecule has 0 radical (unpaired) electrons. The third-order valence-corrected chi connectivity index (χ3v) is 11.6. The highest BCUT2D eigenvalue weighted by Gasteiger charge is 2.19. The smallest absolute Gasteiger partial charge is 0.244 e. The summed E-state index contributed by atoms with van der Waals surface area (Å²) in [4.78, 5) is 4.88. The lowest BCUT2D eigenvalue weighted by Crippen LogP contribution is -2.34. The summed E-state index contributed by atoms with van der Waals surface area (Å²) in [6.07, 6.45) is 6.49. The maximum Gasteiger partial charge on any atom is 0.244 e. The predicted molar refractivity (Wildman–Crippen MR) is 245 cm³/mol. The minimum Gasteiger partial charge on any atom is -0.458 e. The van der Waals surface area contributed by atoms with Gasteiger partial charge in [0.25, 0.3) is 0 Å². The molecule has 0 N–H and O–H groups in total. The molecule has 0 aliphatic heterocycles. The maximum absolute atomic E-state index is 6.70. The van der Waals surface area contributed by atoms with E-state index in [0.717, 1.165) is 63.4 Å². The van der Waals surface area contributed by atoms with Crippen LogP contribution in [0.5, 0.6) is 11.5 Å². The fourth-order valence-electron chi connectivity index (χ4n) is 8.59. The van der Waals surface area contributed by atoms with Gasteiger partial charge in [-0.2, -0.15) is 0 Å². The van der Waals surface area contributed by atoms with Gasteiger partial charge in [-0.3, -0.25) is 4.57 Å². The van der Waals surface area contributed by atoms with Gasteiger partial charge in [-0.15, -0.1) is 0 Å². The fourth-order valence-corrected chi connectivity index (χ4v) is 8.59. The van der Waals surface area contributed by atoms with Crippen LogP contribution in [0, 0.1) is 13.3 Å². The number of benzene rings is 7. The predicted octanol–water partition coefficient (Wildman–Crippen LogP) is 13.2. The van der Waals surface area contributed by atoms with Crippen LogP contribution in [-0.2, 0) is 18.4 Å². The van der Waals surface area contributed by atoms with E-state index in [1.807, 2.05) is 12.3 Å². The van der Waals surface area contributed by atoms with Crippen molar-refractivity contribution in [3.63, 3.8) is 0 Å². The van der Waals surface area contributed by atoms with Gasteiger partial charge in [0.2, 0.25) is 6.33 Å². The van der Waals surface area contributed by atoms with Gasteiger partial charge >= 0.3 is 0 Å². The molecule has 0 atom stereocenters. The van der Waals surface area contributed by atoms with E-state index in [1.165, 1.54) is 44.3 Å². The molecule has 0 fully saturated rings. The zero-order chi connectivity index (χ0) is 40.8. The second-order valence-electron chi connectivity index (χ2n) is 16.7. The number of para-hydroxylation sites is 2. The first kappa shape index (κ1) is 37.1. The number of hydrogen-bond donors (Lipinski definition) is 0. The molecule has 10 aromatic rings. The average molecular weight is 779 g/mol. The number of imidazole rings is 1. The zero-order valence-electron chi connectivity index (χ0n) is 34.4. The second-order valence-corrected chi connectivity index (χ2v) is 16.7. The van der Waals surface area contributed by atoms with Gasteiger partial charge in [0.1, 0.15) is 17.3 Å². The fraction of sp³-hybridized carbons (Fsp3) is 0.127. The van der Waals surface area contributed by atoms with E-state index in [2.05, 4.69) is 218 Å². The monoisotopic (exact) mass is 778 g/mol. The van der Waals surface area contributed by atoms with E-state index in [-0.39, 0.29) is 5.41 Å². The molecule has 0 bridgehead atoms. The topological polar surface area (TPSA) is 35.9 Å². The van der Waals surface area contributed by atoms with Crippen LogP contribution >= 0.6 is 0 Å². The van der Waals surface area contributed by atoms with Crippen LogP contribution in [0.25, 0.3) is 66.6 Å². The molecule has 3 heterocycles. The van der Waals surface area contributed by atoms with Crippen LogP contribution in [0.3, 0.4) is 0 Å². The van der Waals surface area contributed by atoms with Gasteiger partial charge in [-0.25, -0.2) is 4.98 Å². The van der Waals surface area contributed by atoms with Gasteiger partial charge in [0.15, 0.2) is 0 Å². The van der Waals surface area contributed by atoms with Crippen molar-refractivity contribution < 1.29 is 9.30 Å². The summed E-state index contributed by atoms with van der Waals surface area (Å²) in [5, 5.41) is 2.36. The van der Waals surface area contributed by atoms with Gasteiger partial charge in [0.05, 0.1) is 34.3 Å². The zero-order valence-corrected chi connectivity index (χ0v) is 34.4. The quantitative estimate of drug-likeness (QED) is 0.108. The van der Waals surface area contributed by atoms with E-state index in [4.69, 9.17) is 9.72 Å². The molecule has 292 valence electrons. The van der Waals surface area contributed by atoms with Crippen molar-refractivity contribution in [1.82, 2.24) is 14.1 Å². The Morgan fingerprint density at radius 3 is 2.05 bits per heavy atom. The molecule has 3 aromatic heterocycles. The van der Waals surface area contributed by atoms with E-state index in [9.17, 15) is 0 Å². The number of aryl methyl sites for hydroxylation is 2. The third kappa shape index (κ3) is 6.92. The van der Waals surface area contributed by atoms with Crippen molar-refractivity contribution in [1.29, 1.82) is 0 Å². The summed E-state index contributed by atoms with van der Waals surface area (Å²) in [7, 11) is 0. The third-order valence-electron chi connectivity index (χ3n) is 11.6. The number of fused-ring (bicyclic) bond motifs is 4. The Kier molecular flexibility index (Phi) is 9.37. The maximum atomic E-state index is 6.70. The Labute approximate surface area is 351 Å². The highest BCUT2D eigenvalue weighted by Crippen LogP contribution is 2.37. The van der Waals surface area contributed by atoms with Crippen molar-refractivity contribution in [3.8, 4) is 45.3 Å². The Bertz CT molecular complexity index is 3110. The number of nitrogens with zero attached hydrogens (tertiary/aromatic N) is 4. The Hall–Kier alpha value is -7.24. The van der Waals surface area contributed by atoms with Crippen molar-refractivity contribution in [2.75, 3.05) is 0 Å². The SMILES string of the molecule is Cc1ccc2c(c1)c1ccc(Oc3cccc(-n4[c-][n+](CCc5c(-c6ccccc6)cccc5-c5ccccc5)c5ccccc54)c3)cc1n2-c1cc(C(C)(C)C)ccn1. The van der Waals surface area contributed by atoms with Gasteiger partial charge in [0, 0.05) is 29.5 Å². The molecule has 0 amide bonds. The highest BCUT2D eigenvalue weighted by atomic mass is 16.5. The number of ether oxygens (including phenoxy) is 1. The molecule has 60 heavy (non-hydrogen) atoms. The summed E-state index contributed by atoms with van der Waals surface area (Å²) in [6, 6.07) is 62.3. The molecular weight excluding hydrogens is 733 g/mol. The average Bonchev–Trinajstić information content (AvgIpc) is 3.81. The second kappa shape index (κ2) is 15.2. The number of rotatable bonds is 9. The number of aromatic nitrogens is 4. The molecule has 10 rings (SSSR count). The van der Waals surface area contributed by atoms with Crippen molar-refractivity contribution in [2.45, 2.75) is 46.1 Å². The van der Waals surface area contributed by atoms with Crippen LogP contribution in [0.4, 0.5) is 0 Å². The first-order chi connectivity index (χ1) is 29.3. The largest absolute Gasteiger partial charge is 0.458 e. The van der Waals surface area contributed by atoms with Crippen LogP contribution in [0.1, 0.15) is 37.5 Å². The molecule has 0 aliphatic rings. The standard InChI is InChI=1S/C55H46N4O/c1-38-25-28-50-49(33-38)48-27-26-44(36-53(48)59(50)54-34-41(29-31-56-54)55(2,3)4)60-43-20-13-19-42(35-43)58-37-57(51-23-11-12-24-52(51)58)32-30-47-45(39-15-7-5-8-16-39)21-14-22-46(47)40-17-9-6-10-18-40/h5-29,31,33-36H,30,32H2,1-4H3. The minimum absolute atomic E-state index is 0.00619. The number of pyridine rings is 1. The van der Waals surface area contributed by atoms with Gasteiger partial charge < -0.3 is 13.9 Å². The Balaban J connectivity index is 1.000. The highest BCUT2D eigenvalue weighted by molar-refractivity contribution is 6.09. The lowest BCUT2D eigenvalue weighted by molar-refractivity contribution is -0.675. The first-order valence-electron chi connectivity index (χ1n) is 20.7. The Morgan fingerprint density at radius 1 is 0.600 bits per heavy atom. The van der Waals surface area contributed by atoms with Crippen molar-refractivity contribution in [2.24, 2.45) is 0 Å². The molecule has 0 saturated heterocycles. The molecule has 0 saturated carbocycles. The molecule has 5 nitrogen and oxygen atoms in total. The minimum atomic E-state index is -0.00619. The molecule has 0 aliphatic carbocycles. The first-order valence-corrected chi connectivity index (χ1v) is 20.7. The van der Waals surface area contributed by atoms with E-state index < -0.39 is 0 Å². The van der Waals surface area contributed by atoms with Gasteiger partial charge in [-0.1, -0.05) is 148 Å². The molecular formula is C55H46N4O. The summed E-state index contributed by atoms with van der Waals surface area (Å²) in [6.45, 7) is 9.62. The lowest BCUT2D eigenvalue weighted by atomic mass is 9.88. The molecule has 5 heteroatoms. The van der Waals surface area contributed by atoms with Crippen LogP contribution in [-0.4, -0.2) is 14.1 Å². The van der Waals surface area contributed by atoms with E-state index in [1.54, 1.807) is 0 Å². The summed E-state index contributed by atoms with van der Waals surface area (Å²) < 4.78 is 13.4. The summed E-state index contributed by atoms with van der Waals surface area (Å²) >= 11 is 0. The lowest BCUT2D eigenvalue weighted by Gasteiger charge is -2.20. The van der Waals surface area contributed by atoms with E-state index in [0.29, 0.717) is 0 Å². The van der Waals surface area contributed by atoms with Crippen molar-refractivity contribution in [3.05, 3.63) is 205 Å². The molecule has 0 spiro atoms. The normalized spacial score (nSPS) is 11.8. The summed E-state index contributed by atoms with van der Waals surface area (Å²) in [5.41, 5.74) is 14.1.